The third-order valence-electron chi connectivity index (χ3n) is 4.91. The summed E-state index contributed by atoms with van der Waals surface area (Å²) in [6, 6.07) is 26.8. The van der Waals surface area contributed by atoms with Crippen LogP contribution in [-0.4, -0.2) is 26.0 Å². The highest BCUT2D eigenvalue weighted by atomic mass is 16.5. The Hall–Kier alpha value is -4.39. The molecule has 0 radical (unpaired) electrons. The van der Waals surface area contributed by atoms with Crippen molar-refractivity contribution in [3.63, 3.8) is 0 Å². The molecule has 0 saturated carbocycles. The molecule has 1 N–H and O–H groups in total. The zero-order valence-electron chi connectivity index (χ0n) is 17.1. The van der Waals surface area contributed by atoms with Gasteiger partial charge in [0, 0.05) is 0 Å². The van der Waals surface area contributed by atoms with Gasteiger partial charge < -0.3 is 9.84 Å². The molecule has 32 heavy (non-hydrogen) atoms. The Kier molecular flexibility index (Phi) is 5.36. The highest BCUT2D eigenvalue weighted by Crippen LogP contribution is 2.25. The Bertz CT molecular complexity index is 1370. The quantitative estimate of drug-likeness (QED) is 0.435. The van der Waals surface area contributed by atoms with Gasteiger partial charge in [-0.15, -0.1) is 0 Å². The van der Waals surface area contributed by atoms with Crippen molar-refractivity contribution < 1.29 is 9.32 Å². The zero-order chi connectivity index (χ0) is 21.8. The summed E-state index contributed by atoms with van der Waals surface area (Å²) in [7, 11) is 0. The number of amides is 1. The first-order chi connectivity index (χ1) is 15.7. The molecular formula is C25H19N5O2. The molecule has 7 nitrogen and oxygen atoms in total. The highest BCUT2D eigenvalue weighted by Gasteiger charge is 2.19. The van der Waals surface area contributed by atoms with Crippen molar-refractivity contribution in [2.45, 2.75) is 12.8 Å². The van der Waals surface area contributed by atoms with Crippen molar-refractivity contribution in [2.24, 2.45) is 0 Å². The smallest absolute Gasteiger partial charge is 0.231 e. The first kappa shape index (κ1) is 19.6. The minimum atomic E-state index is -0.199. The number of nitrogens with one attached hydrogen (secondary N) is 1. The number of rotatable bonds is 6. The molecule has 0 saturated heterocycles. The largest absolute Gasteiger partial charge is 0.339 e. The van der Waals surface area contributed by atoms with Crippen molar-refractivity contribution in [3.8, 4) is 11.5 Å². The number of fused-ring (bicyclic) bond motifs is 1. The average Bonchev–Trinajstić information content (AvgIpc) is 3.28. The predicted molar refractivity (Wildman–Crippen MR) is 121 cm³/mol. The summed E-state index contributed by atoms with van der Waals surface area (Å²) in [5.74, 6) is 0.846. The first-order valence-corrected chi connectivity index (χ1v) is 10.2. The molecule has 0 aliphatic rings. The fraction of sp³-hybridized carbons (Fsp3) is 0.0800. The summed E-state index contributed by atoms with van der Waals surface area (Å²) in [6.07, 6.45) is 0.727. The number of anilines is 1. The number of benzene rings is 3. The van der Waals surface area contributed by atoms with Gasteiger partial charge in [0.05, 0.1) is 23.9 Å². The summed E-state index contributed by atoms with van der Waals surface area (Å²) >= 11 is 0. The third-order valence-corrected chi connectivity index (χ3v) is 4.91. The summed E-state index contributed by atoms with van der Waals surface area (Å²) < 4.78 is 5.45. The maximum atomic E-state index is 12.7. The van der Waals surface area contributed by atoms with Gasteiger partial charge in [0.15, 0.2) is 11.5 Å². The van der Waals surface area contributed by atoms with Crippen LogP contribution in [0.4, 0.5) is 5.82 Å². The molecule has 2 aromatic heterocycles. The van der Waals surface area contributed by atoms with Gasteiger partial charge in [-0.2, -0.15) is 4.98 Å². The van der Waals surface area contributed by atoms with E-state index in [4.69, 9.17) is 4.52 Å². The maximum absolute atomic E-state index is 12.7. The molecule has 0 aliphatic carbocycles. The van der Waals surface area contributed by atoms with Crippen LogP contribution in [-0.2, 0) is 17.6 Å². The number of nitrogens with zero attached hydrogens (tertiary/aromatic N) is 4. The van der Waals surface area contributed by atoms with E-state index >= 15 is 0 Å². The van der Waals surface area contributed by atoms with E-state index < -0.39 is 0 Å². The van der Waals surface area contributed by atoms with Gasteiger partial charge in [0.2, 0.25) is 17.6 Å². The second kappa shape index (κ2) is 8.77. The van der Waals surface area contributed by atoms with Crippen LogP contribution in [0.25, 0.3) is 22.6 Å². The minimum Gasteiger partial charge on any atom is -0.339 e. The van der Waals surface area contributed by atoms with Crippen LogP contribution in [0.15, 0.2) is 89.5 Å². The van der Waals surface area contributed by atoms with E-state index in [0.717, 1.165) is 11.1 Å². The molecule has 0 spiro atoms. The number of aromatic nitrogens is 4. The molecular weight excluding hydrogens is 402 g/mol. The van der Waals surface area contributed by atoms with Gasteiger partial charge in [-0.05, 0) is 23.3 Å². The second-order valence-electron chi connectivity index (χ2n) is 7.29. The molecule has 5 rings (SSSR count). The van der Waals surface area contributed by atoms with Crippen LogP contribution >= 0.6 is 0 Å². The van der Waals surface area contributed by atoms with E-state index in [2.05, 4.69) is 25.4 Å². The SMILES string of the molecule is O=C(Cc1ccccc1)Nc1nc2ccccc2nc1-c1noc(Cc2ccccc2)n1. The zero-order valence-corrected chi connectivity index (χ0v) is 17.1. The van der Waals surface area contributed by atoms with Crippen LogP contribution in [0.1, 0.15) is 17.0 Å². The van der Waals surface area contributed by atoms with Crippen LogP contribution in [0.3, 0.4) is 0 Å². The molecule has 5 aromatic rings. The first-order valence-electron chi connectivity index (χ1n) is 10.2. The molecule has 0 fully saturated rings. The molecule has 0 bridgehead atoms. The summed E-state index contributed by atoms with van der Waals surface area (Å²) in [4.78, 5) is 26.5. The lowest BCUT2D eigenvalue weighted by Gasteiger charge is -2.09. The van der Waals surface area contributed by atoms with Gasteiger partial charge >= 0.3 is 0 Å². The lowest BCUT2D eigenvalue weighted by molar-refractivity contribution is -0.115. The number of carbonyl (C=O) groups is 1. The van der Waals surface area contributed by atoms with Gasteiger partial charge in [-0.3, -0.25) is 4.79 Å². The Labute approximate surface area is 184 Å². The number of para-hydroxylation sites is 2. The Morgan fingerprint density at radius 3 is 2.09 bits per heavy atom. The van der Waals surface area contributed by atoms with E-state index in [-0.39, 0.29) is 18.2 Å². The van der Waals surface area contributed by atoms with Gasteiger partial charge in [-0.25, -0.2) is 9.97 Å². The predicted octanol–water partition coefficient (Wildman–Crippen LogP) is 4.45. The monoisotopic (exact) mass is 421 g/mol. The van der Waals surface area contributed by atoms with Crippen molar-refractivity contribution in [1.29, 1.82) is 0 Å². The Balaban J connectivity index is 1.47. The van der Waals surface area contributed by atoms with Gasteiger partial charge in [-0.1, -0.05) is 78.0 Å². The lowest BCUT2D eigenvalue weighted by atomic mass is 10.1. The summed E-state index contributed by atoms with van der Waals surface area (Å²) in [6.45, 7) is 0. The van der Waals surface area contributed by atoms with E-state index in [1.54, 1.807) is 0 Å². The van der Waals surface area contributed by atoms with Crippen LogP contribution in [0, 0.1) is 0 Å². The molecule has 0 atom stereocenters. The van der Waals surface area contributed by atoms with Crippen LogP contribution < -0.4 is 5.32 Å². The molecule has 2 heterocycles. The van der Waals surface area contributed by atoms with Crippen molar-refractivity contribution in [2.75, 3.05) is 5.32 Å². The number of carbonyl (C=O) groups excluding carboxylic acids is 1. The molecule has 156 valence electrons. The lowest BCUT2D eigenvalue weighted by Crippen LogP contribution is -2.16. The van der Waals surface area contributed by atoms with Crippen LogP contribution in [0.2, 0.25) is 0 Å². The van der Waals surface area contributed by atoms with Crippen molar-refractivity contribution in [3.05, 3.63) is 102 Å². The van der Waals surface area contributed by atoms with Crippen molar-refractivity contribution >= 4 is 22.8 Å². The second-order valence-corrected chi connectivity index (χ2v) is 7.29. The van der Waals surface area contributed by atoms with Crippen molar-refractivity contribution in [1.82, 2.24) is 20.1 Å². The van der Waals surface area contributed by atoms with E-state index in [1.807, 2.05) is 84.9 Å². The summed E-state index contributed by atoms with van der Waals surface area (Å²) in [5, 5.41) is 6.98. The normalized spacial score (nSPS) is 10.9. The Morgan fingerprint density at radius 1 is 0.750 bits per heavy atom. The number of hydrogen-bond acceptors (Lipinski definition) is 6. The molecule has 0 aliphatic heterocycles. The average molecular weight is 421 g/mol. The molecule has 1 amide bonds. The topological polar surface area (TPSA) is 93.8 Å². The molecule has 3 aromatic carbocycles. The van der Waals surface area contributed by atoms with E-state index in [1.165, 1.54) is 0 Å². The highest BCUT2D eigenvalue weighted by molar-refractivity contribution is 5.95. The van der Waals surface area contributed by atoms with E-state index in [9.17, 15) is 4.79 Å². The van der Waals surface area contributed by atoms with E-state index in [0.29, 0.717) is 34.9 Å². The minimum absolute atomic E-state index is 0.199. The fourth-order valence-electron chi connectivity index (χ4n) is 3.39. The van der Waals surface area contributed by atoms with Gasteiger partial charge in [0.25, 0.3) is 0 Å². The third kappa shape index (κ3) is 4.37. The maximum Gasteiger partial charge on any atom is 0.231 e. The molecule has 0 unspecified atom stereocenters. The van der Waals surface area contributed by atoms with Crippen LogP contribution in [0.5, 0.6) is 0 Å². The fourth-order valence-corrected chi connectivity index (χ4v) is 3.39. The van der Waals surface area contributed by atoms with Gasteiger partial charge in [0.1, 0.15) is 0 Å². The number of hydrogen-bond donors (Lipinski definition) is 1. The summed E-state index contributed by atoms with van der Waals surface area (Å²) in [5.41, 5.74) is 3.68. The Morgan fingerprint density at radius 2 is 1.38 bits per heavy atom. The standard InChI is InChI=1S/C25H19N5O2/c31-21(15-17-9-3-1-4-10-17)28-24-23(26-19-13-7-8-14-20(19)27-24)25-29-22(32-30-25)16-18-11-5-2-6-12-18/h1-14H,15-16H2,(H,27,28,31). The molecule has 7 heteroatoms.